The molecule has 0 atom stereocenters. The lowest BCUT2D eigenvalue weighted by molar-refractivity contribution is -0.137. The number of ether oxygens (including phenoxy) is 1. The molecule has 18 heavy (non-hydrogen) atoms. The summed E-state index contributed by atoms with van der Waals surface area (Å²) in [6, 6.07) is 7.22. The van der Waals surface area contributed by atoms with E-state index in [9.17, 15) is 9.59 Å². The molecule has 92 valence electrons. The van der Waals surface area contributed by atoms with Gasteiger partial charge in [-0.2, -0.15) is 0 Å². The van der Waals surface area contributed by atoms with Crippen molar-refractivity contribution in [1.29, 1.82) is 0 Å². The van der Waals surface area contributed by atoms with E-state index in [0.29, 0.717) is 0 Å². The highest BCUT2D eigenvalue weighted by atomic mass is 16.5. The molecule has 2 aromatic rings. The quantitative estimate of drug-likeness (QED) is 0.360. The van der Waals surface area contributed by atoms with Gasteiger partial charge >= 0.3 is 5.97 Å². The van der Waals surface area contributed by atoms with Gasteiger partial charge < -0.3 is 9.15 Å². The zero-order valence-corrected chi connectivity index (χ0v) is 10.1. The van der Waals surface area contributed by atoms with Crippen LogP contribution in [0, 0.1) is 0 Å². The molecule has 0 amide bonds. The minimum absolute atomic E-state index is 0.0281. The highest BCUT2D eigenvalue weighted by Gasteiger charge is 2.14. The van der Waals surface area contributed by atoms with Gasteiger partial charge in [0.05, 0.1) is 13.4 Å². The molecule has 4 nitrogen and oxygen atoms in total. The lowest BCUT2D eigenvalue weighted by atomic mass is 10.1. The van der Waals surface area contributed by atoms with Crippen LogP contribution >= 0.6 is 0 Å². The smallest absolute Gasteiger partial charge is 0.341 e. The zero-order valence-electron chi connectivity index (χ0n) is 10.1. The summed E-state index contributed by atoms with van der Waals surface area (Å²) in [5.74, 6) is -0.955. The Hall–Kier alpha value is -2.36. The summed E-state index contributed by atoms with van der Waals surface area (Å²) >= 11 is 0. The summed E-state index contributed by atoms with van der Waals surface area (Å²) in [6.45, 7) is 1.33. The molecule has 0 aliphatic rings. The molecule has 1 aromatic carbocycles. The molecule has 0 radical (unpaired) electrons. The summed E-state index contributed by atoms with van der Waals surface area (Å²) in [5, 5.41) is 0.913. The second-order valence-corrected chi connectivity index (χ2v) is 3.82. The fourth-order valence-corrected chi connectivity index (χ4v) is 1.66. The van der Waals surface area contributed by atoms with E-state index in [1.807, 2.05) is 12.1 Å². The molecule has 0 aliphatic heterocycles. The van der Waals surface area contributed by atoms with Crippen LogP contribution in [0.3, 0.4) is 0 Å². The van der Waals surface area contributed by atoms with Gasteiger partial charge in [0.25, 0.3) is 0 Å². The van der Waals surface area contributed by atoms with Gasteiger partial charge in [-0.25, -0.2) is 4.79 Å². The predicted octanol–water partition coefficient (Wildman–Crippen LogP) is 2.58. The number of benzene rings is 1. The maximum absolute atomic E-state index is 11.4. The van der Waals surface area contributed by atoms with Crippen LogP contribution in [0.2, 0.25) is 0 Å². The number of carbonyl (C=O) groups is 2. The van der Waals surface area contributed by atoms with Crippen molar-refractivity contribution in [3.05, 3.63) is 41.7 Å². The van der Waals surface area contributed by atoms with E-state index in [-0.39, 0.29) is 11.4 Å². The number of rotatable bonds is 3. The Bertz CT molecular complexity index is 634. The summed E-state index contributed by atoms with van der Waals surface area (Å²) < 4.78 is 9.79. The molecule has 0 bridgehead atoms. The van der Waals surface area contributed by atoms with Crippen LogP contribution in [-0.4, -0.2) is 18.9 Å². The first-order valence-electron chi connectivity index (χ1n) is 5.40. The number of fused-ring (bicyclic) bond motifs is 1. The minimum Gasteiger partial charge on any atom is -0.465 e. The van der Waals surface area contributed by atoms with Crippen molar-refractivity contribution in [2.24, 2.45) is 0 Å². The van der Waals surface area contributed by atoms with Crippen LogP contribution < -0.4 is 0 Å². The van der Waals surface area contributed by atoms with Gasteiger partial charge in [-0.3, -0.25) is 4.79 Å². The molecule has 0 fully saturated rings. The van der Waals surface area contributed by atoms with E-state index in [1.54, 1.807) is 18.4 Å². The first-order valence-corrected chi connectivity index (χ1v) is 5.40. The number of furan rings is 1. The van der Waals surface area contributed by atoms with Crippen molar-refractivity contribution in [3.63, 3.8) is 0 Å². The molecule has 0 unspecified atom stereocenters. The van der Waals surface area contributed by atoms with Crippen LogP contribution in [0.1, 0.15) is 12.5 Å². The maximum Gasteiger partial charge on any atom is 0.341 e. The number of esters is 1. The molecule has 4 heteroatoms. The monoisotopic (exact) mass is 244 g/mol. The highest BCUT2D eigenvalue weighted by Crippen LogP contribution is 2.19. The third-order valence-electron chi connectivity index (χ3n) is 2.57. The molecule has 0 saturated carbocycles. The van der Waals surface area contributed by atoms with E-state index in [2.05, 4.69) is 4.74 Å². The van der Waals surface area contributed by atoms with Crippen molar-refractivity contribution >= 4 is 28.8 Å². The molecule has 0 spiro atoms. The third-order valence-corrected chi connectivity index (χ3v) is 2.57. The van der Waals surface area contributed by atoms with Crippen LogP contribution in [0.25, 0.3) is 17.0 Å². The standard InChI is InChI=1S/C14H12O4/c1-9(15)12(14(16)17-2)8-10-3-4-13-11(7-10)5-6-18-13/h3-8H,1-2H3. The molecule has 2 rings (SSSR count). The van der Waals surface area contributed by atoms with Crippen LogP contribution in [0.5, 0.6) is 0 Å². The number of carbonyl (C=O) groups excluding carboxylic acids is 2. The van der Waals surface area contributed by atoms with Gasteiger partial charge in [-0.15, -0.1) is 0 Å². The molecular weight excluding hydrogens is 232 g/mol. The van der Waals surface area contributed by atoms with Gasteiger partial charge in [0.15, 0.2) is 5.78 Å². The van der Waals surface area contributed by atoms with Gasteiger partial charge in [0, 0.05) is 5.39 Å². The normalized spacial score (nSPS) is 11.6. The summed E-state index contributed by atoms with van der Waals surface area (Å²) in [6.07, 6.45) is 3.10. The summed E-state index contributed by atoms with van der Waals surface area (Å²) in [4.78, 5) is 22.8. The Morgan fingerprint density at radius 1 is 1.28 bits per heavy atom. The Kier molecular flexibility index (Phi) is 3.28. The molecule has 0 aliphatic carbocycles. The Labute approximate surface area is 104 Å². The van der Waals surface area contributed by atoms with E-state index in [0.717, 1.165) is 16.5 Å². The molecular formula is C14H12O4. The SMILES string of the molecule is COC(=O)C(=Cc1ccc2occc2c1)C(C)=O. The van der Waals surface area contributed by atoms with Gasteiger partial charge in [0.2, 0.25) is 0 Å². The average Bonchev–Trinajstić information content (AvgIpc) is 2.82. The Morgan fingerprint density at radius 3 is 2.72 bits per heavy atom. The van der Waals surface area contributed by atoms with Crippen molar-refractivity contribution in [1.82, 2.24) is 0 Å². The number of hydrogen-bond donors (Lipinski definition) is 0. The summed E-state index contributed by atoms with van der Waals surface area (Å²) in [7, 11) is 1.25. The maximum atomic E-state index is 11.4. The average molecular weight is 244 g/mol. The number of methoxy groups -OCH3 is 1. The molecule has 1 aromatic heterocycles. The Morgan fingerprint density at radius 2 is 2.06 bits per heavy atom. The van der Waals surface area contributed by atoms with Crippen molar-refractivity contribution in [2.45, 2.75) is 6.92 Å². The van der Waals surface area contributed by atoms with E-state index >= 15 is 0 Å². The predicted molar refractivity (Wildman–Crippen MR) is 66.9 cm³/mol. The van der Waals surface area contributed by atoms with Crippen molar-refractivity contribution in [3.8, 4) is 0 Å². The number of ketones is 1. The lowest BCUT2D eigenvalue weighted by Gasteiger charge is -2.01. The molecule has 1 heterocycles. The minimum atomic E-state index is -0.630. The van der Waals surface area contributed by atoms with E-state index in [1.165, 1.54) is 20.1 Å². The fourth-order valence-electron chi connectivity index (χ4n) is 1.66. The lowest BCUT2D eigenvalue weighted by Crippen LogP contribution is -2.11. The first kappa shape index (κ1) is 12.1. The Balaban J connectivity index is 2.45. The number of Topliss-reactive ketones (excluding diaryl/α,β-unsaturated/α-hetero) is 1. The third kappa shape index (κ3) is 2.32. The van der Waals surface area contributed by atoms with Gasteiger partial charge in [-0.1, -0.05) is 6.07 Å². The summed E-state index contributed by atoms with van der Waals surface area (Å²) in [5.41, 5.74) is 1.54. The van der Waals surface area contributed by atoms with E-state index < -0.39 is 5.97 Å². The number of hydrogen-bond acceptors (Lipinski definition) is 4. The van der Waals surface area contributed by atoms with Crippen molar-refractivity contribution in [2.75, 3.05) is 7.11 Å². The topological polar surface area (TPSA) is 56.5 Å². The van der Waals surface area contributed by atoms with E-state index in [4.69, 9.17) is 4.42 Å². The van der Waals surface area contributed by atoms with Gasteiger partial charge in [0.1, 0.15) is 11.2 Å². The largest absolute Gasteiger partial charge is 0.465 e. The first-order chi connectivity index (χ1) is 8.61. The highest BCUT2D eigenvalue weighted by molar-refractivity contribution is 6.19. The second-order valence-electron chi connectivity index (χ2n) is 3.82. The van der Waals surface area contributed by atoms with Crippen LogP contribution in [0.15, 0.2) is 40.5 Å². The zero-order chi connectivity index (χ0) is 13.1. The molecule has 0 saturated heterocycles. The van der Waals surface area contributed by atoms with Gasteiger partial charge in [-0.05, 0) is 36.8 Å². The van der Waals surface area contributed by atoms with Crippen LogP contribution in [-0.2, 0) is 14.3 Å². The fraction of sp³-hybridized carbons (Fsp3) is 0.143. The molecule has 0 N–H and O–H groups in total. The second kappa shape index (κ2) is 4.87. The van der Waals surface area contributed by atoms with Crippen LogP contribution in [0.4, 0.5) is 0 Å². The van der Waals surface area contributed by atoms with Crippen molar-refractivity contribution < 1.29 is 18.7 Å².